The summed E-state index contributed by atoms with van der Waals surface area (Å²) in [5.41, 5.74) is 0. The second kappa shape index (κ2) is 11.7. The molecule has 0 aromatic heterocycles. The van der Waals surface area contributed by atoms with Crippen LogP contribution in [0.3, 0.4) is 0 Å². The Bertz CT molecular complexity index is 1240. The van der Waals surface area contributed by atoms with E-state index in [1.165, 1.54) is 0 Å². The Labute approximate surface area is 256 Å². The highest BCUT2D eigenvalue weighted by atomic mass is 35.5. The number of halogens is 30. The van der Waals surface area contributed by atoms with E-state index >= 15 is 0 Å². The fourth-order valence-corrected chi connectivity index (χ4v) is 3.28. The van der Waals surface area contributed by atoms with Gasteiger partial charge in [-0.3, -0.25) is 0 Å². The van der Waals surface area contributed by atoms with Crippen molar-refractivity contribution in [2.75, 3.05) is 0 Å². The molecule has 49 heavy (non-hydrogen) atoms. The van der Waals surface area contributed by atoms with E-state index in [0.29, 0.717) is 0 Å². The predicted molar refractivity (Wildman–Crippen MR) is 92.1 cm³/mol. The molecule has 0 fully saturated rings. The smallest absolute Gasteiger partial charge is 0.192 e. The van der Waals surface area contributed by atoms with Crippen molar-refractivity contribution < 1.29 is 140 Å². The Morgan fingerprint density at radius 1 is 0.286 bits per heavy atom. The van der Waals surface area contributed by atoms with Crippen LogP contribution < -0.4 is 0 Å². The molecule has 0 unspecified atom stereocenters. The van der Waals surface area contributed by atoms with E-state index in [1.54, 1.807) is 0 Å². The van der Waals surface area contributed by atoms with Gasteiger partial charge in [-0.1, -0.05) is 0 Å². The molecule has 0 radical (unpaired) electrons. The van der Waals surface area contributed by atoms with Crippen molar-refractivity contribution in [3.63, 3.8) is 0 Å². The van der Waals surface area contributed by atoms with Crippen molar-refractivity contribution in [1.29, 1.82) is 0 Å². The minimum Gasteiger partial charge on any atom is -0.192 e. The zero-order valence-corrected chi connectivity index (χ0v) is 22.7. The molecule has 0 aliphatic rings. The summed E-state index contributed by atoms with van der Waals surface area (Å²) in [5, 5.41) is -14.4. The van der Waals surface area contributed by atoms with Crippen LogP contribution in [0.5, 0.6) is 0 Å². The Morgan fingerprint density at radius 2 is 0.429 bits per heavy atom. The van der Waals surface area contributed by atoms with Crippen LogP contribution in [-0.4, -0.2) is 90.6 Å². The van der Waals surface area contributed by atoms with Crippen molar-refractivity contribution in [3.05, 3.63) is 0 Å². The van der Waals surface area contributed by atoms with Crippen LogP contribution in [-0.2, 0) is 18.8 Å². The molecule has 0 aliphatic carbocycles. The van der Waals surface area contributed by atoms with Gasteiger partial charge in [-0.25, -0.2) is 0 Å². The summed E-state index contributed by atoms with van der Waals surface area (Å²) >= 11 is 6.47. The van der Waals surface area contributed by atoms with Crippen LogP contribution in [0, 0.1) is 0 Å². The summed E-state index contributed by atoms with van der Waals surface area (Å²) in [4.78, 5) is 0. The number of hydrogen-bond acceptors (Lipinski definition) is 4. The maximum atomic E-state index is 13.6. The lowest BCUT2D eigenvalue weighted by Crippen LogP contribution is -2.73. The molecular formula is C14Cl2F28O4S. The van der Waals surface area contributed by atoms with E-state index in [9.17, 15) is 131 Å². The first-order valence-corrected chi connectivity index (χ1v) is 11.8. The molecule has 296 valence electrons. The molecule has 0 N–H and O–H groups in total. The zero-order valence-electron chi connectivity index (χ0n) is 20.4. The van der Waals surface area contributed by atoms with Crippen molar-refractivity contribution in [1.82, 2.24) is 0 Å². The third-order valence-electron chi connectivity index (χ3n) is 5.01. The molecule has 0 aromatic rings. The molecule has 0 heterocycles. The minimum absolute atomic E-state index is 1.15. The predicted octanol–water partition coefficient (Wildman–Crippen LogP) is 9.47. The maximum Gasteiger partial charge on any atom is 0.441 e. The summed E-state index contributed by atoms with van der Waals surface area (Å²) in [6, 6.07) is 0. The van der Waals surface area contributed by atoms with Gasteiger partial charge in [-0.2, -0.15) is 140 Å². The highest BCUT2D eigenvalue weighted by Gasteiger charge is 2.95. The van der Waals surface area contributed by atoms with Crippen LogP contribution >= 0.6 is 23.2 Å². The van der Waals surface area contributed by atoms with Crippen molar-refractivity contribution in [2.24, 2.45) is 0 Å². The van der Waals surface area contributed by atoms with Gasteiger partial charge in [-0.15, -0.1) is 0 Å². The molecule has 0 saturated carbocycles. The van der Waals surface area contributed by atoms with Gasteiger partial charge >= 0.3 is 92.6 Å². The van der Waals surface area contributed by atoms with E-state index in [1.807, 2.05) is 0 Å². The monoisotopic (exact) mass is 866 g/mol. The number of hydrogen-bond donors (Lipinski definition) is 0. The highest BCUT2D eigenvalue weighted by molar-refractivity contribution is 7.81. The van der Waals surface area contributed by atoms with Gasteiger partial charge in [-0.05, 0) is 23.2 Å². The summed E-state index contributed by atoms with van der Waals surface area (Å²) < 4.78 is 395. The first kappa shape index (κ1) is 47.5. The SMILES string of the molecule is O=S(=O)(OC(F)(F)C(F)(F)C(F)(F)C(F)(F)C(F)(F)C(F)(F)C(F)(F)Cl)OC(F)(F)C(F)(F)C(F)(F)C(F)(F)C(F)(F)C(F)(F)C(F)(F)Cl. The zero-order chi connectivity index (χ0) is 40.9. The van der Waals surface area contributed by atoms with Crippen LogP contribution in [0.25, 0.3) is 0 Å². The van der Waals surface area contributed by atoms with Gasteiger partial charge in [0, 0.05) is 0 Å². The van der Waals surface area contributed by atoms with Crippen molar-refractivity contribution in [2.45, 2.75) is 82.2 Å². The Morgan fingerprint density at radius 3 is 0.592 bits per heavy atom. The molecule has 0 aliphatic heterocycles. The third-order valence-corrected chi connectivity index (χ3v) is 6.31. The van der Waals surface area contributed by atoms with Gasteiger partial charge in [0.05, 0.1) is 0 Å². The molecule has 0 amide bonds. The van der Waals surface area contributed by atoms with Crippen molar-refractivity contribution >= 4 is 33.6 Å². The normalized spacial score (nSPS) is 17.1. The average molecular weight is 867 g/mol. The van der Waals surface area contributed by atoms with Crippen LogP contribution in [0.2, 0.25) is 0 Å². The molecule has 0 bridgehead atoms. The van der Waals surface area contributed by atoms with Gasteiger partial charge in [0.2, 0.25) is 0 Å². The summed E-state index contributed by atoms with van der Waals surface area (Å²) in [6.07, 6.45) is -17.4. The minimum atomic E-state index is -9.20. The molecular weight excluding hydrogens is 867 g/mol. The molecule has 0 saturated heterocycles. The van der Waals surface area contributed by atoms with Gasteiger partial charge < -0.3 is 0 Å². The van der Waals surface area contributed by atoms with E-state index < -0.39 is 92.6 Å². The molecule has 0 rings (SSSR count). The van der Waals surface area contributed by atoms with Gasteiger partial charge in [0.25, 0.3) is 0 Å². The molecule has 0 atom stereocenters. The van der Waals surface area contributed by atoms with Crippen LogP contribution in [0.15, 0.2) is 0 Å². The average Bonchev–Trinajstić information content (AvgIpc) is 2.79. The largest absolute Gasteiger partial charge is 0.441 e. The quantitative estimate of drug-likeness (QED) is 0.115. The second-order valence-corrected chi connectivity index (χ2v) is 10.4. The van der Waals surface area contributed by atoms with E-state index in [2.05, 4.69) is 23.2 Å². The number of alkyl halides is 30. The first-order valence-electron chi connectivity index (χ1n) is 9.74. The lowest BCUT2D eigenvalue weighted by molar-refractivity contribution is -0.459. The summed E-state index contributed by atoms with van der Waals surface area (Å²) in [5.74, 6) is -88.8. The lowest BCUT2D eigenvalue weighted by Gasteiger charge is -2.41. The standard InChI is InChI=1S/C14Cl2F28O4S/c15-11(37,38)7(29,30)3(21,22)1(17,18)5(25,26)9(33,34)13(41,42)47-49(45,46)48-14(43,44)10(35,36)6(27,28)2(19,20)4(23,24)8(31,32)12(16,39)40. The van der Waals surface area contributed by atoms with Crippen molar-refractivity contribution in [3.8, 4) is 0 Å². The fourth-order valence-electron chi connectivity index (χ4n) is 2.28. The summed E-state index contributed by atoms with van der Waals surface area (Å²) in [7, 11) is -9.02. The fraction of sp³-hybridized carbons (Fsp3) is 1.00. The van der Waals surface area contributed by atoms with E-state index in [0.717, 1.165) is 8.37 Å². The number of rotatable bonds is 16. The third kappa shape index (κ3) is 6.55. The maximum absolute atomic E-state index is 13.6. The topological polar surface area (TPSA) is 52.6 Å². The summed E-state index contributed by atoms with van der Waals surface area (Å²) in [6.45, 7) is 0. The molecule has 0 aromatic carbocycles. The molecule has 0 spiro atoms. The van der Waals surface area contributed by atoms with Gasteiger partial charge in [0.15, 0.2) is 0 Å². The van der Waals surface area contributed by atoms with Crippen LogP contribution in [0.4, 0.5) is 123 Å². The Kier molecular flexibility index (Phi) is 11.4. The first-order chi connectivity index (χ1) is 20.4. The molecule has 4 nitrogen and oxygen atoms in total. The van der Waals surface area contributed by atoms with E-state index in [4.69, 9.17) is 0 Å². The van der Waals surface area contributed by atoms with E-state index in [-0.39, 0.29) is 0 Å². The Hall–Kier alpha value is -1.51. The van der Waals surface area contributed by atoms with Crippen LogP contribution in [0.1, 0.15) is 0 Å². The molecule has 35 heteroatoms. The highest BCUT2D eigenvalue weighted by Crippen LogP contribution is 2.65. The Balaban J connectivity index is 6.99. The van der Waals surface area contributed by atoms with Gasteiger partial charge in [0.1, 0.15) is 0 Å². The second-order valence-electron chi connectivity index (χ2n) is 8.35. The lowest BCUT2D eigenvalue weighted by atomic mass is 9.94.